The second-order valence-corrected chi connectivity index (χ2v) is 3.94. The molecule has 0 bridgehead atoms. The molecule has 0 spiro atoms. The van der Waals surface area contributed by atoms with Crippen LogP contribution in [-0.2, 0) is 0 Å². The number of nitrogens with one attached hydrogen (secondary N) is 1. The SMILES string of the molecule is C=C1CCC/C(=C(\C)C(=C)C)C(=C)N1.CC.CC. The van der Waals surface area contributed by atoms with Gasteiger partial charge in [-0.1, -0.05) is 53.0 Å². The van der Waals surface area contributed by atoms with Crippen molar-refractivity contribution in [2.24, 2.45) is 0 Å². The van der Waals surface area contributed by atoms with E-state index >= 15 is 0 Å². The maximum Gasteiger partial charge on any atom is 0.0343 e. The zero-order chi connectivity index (χ0) is 14.7. The first kappa shape index (κ1) is 19.1. The van der Waals surface area contributed by atoms with Crippen molar-refractivity contribution in [3.8, 4) is 0 Å². The highest BCUT2D eigenvalue weighted by Gasteiger charge is 2.12. The molecule has 0 atom stereocenters. The summed E-state index contributed by atoms with van der Waals surface area (Å²) in [5.74, 6) is 0. The lowest BCUT2D eigenvalue weighted by Crippen LogP contribution is -2.10. The smallest absolute Gasteiger partial charge is 0.0343 e. The number of rotatable bonds is 1. The summed E-state index contributed by atoms with van der Waals surface area (Å²) < 4.78 is 0. The molecule has 0 aromatic heterocycles. The van der Waals surface area contributed by atoms with Crippen molar-refractivity contribution < 1.29 is 0 Å². The topological polar surface area (TPSA) is 12.0 Å². The van der Waals surface area contributed by atoms with Crippen LogP contribution in [0.25, 0.3) is 0 Å². The summed E-state index contributed by atoms with van der Waals surface area (Å²) in [7, 11) is 0. The highest BCUT2D eigenvalue weighted by atomic mass is 14.9. The third kappa shape index (κ3) is 6.48. The Morgan fingerprint density at radius 2 is 1.50 bits per heavy atom. The van der Waals surface area contributed by atoms with Gasteiger partial charge < -0.3 is 5.32 Å². The van der Waals surface area contributed by atoms with Crippen molar-refractivity contribution in [1.82, 2.24) is 5.32 Å². The monoisotopic (exact) mass is 249 g/mol. The summed E-state index contributed by atoms with van der Waals surface area (Å²) in [6.07, 6.45) is 3.25. The quantitative estimate of drug-likeness (QED) is 0.625. The highest BCUT2D eigenvalue weighted by molar-refractivity contribution is 5.42. The van der Waals surface area contributed by atoms with Gasteiger partial charge in [0.2, 0.25) is 0 Å². The summed E-state index contributed by atoms with van der Waals surface area (Å²) in [6.45, 7) is 24.1. The van der Waals surface area contributed by atoms with Crippen LogP contribution in [-0.4, -0.2) is 0 Å². The van der Waals surface area contributed by atoms with Gasteiger partial charge in [0.25, 0.3) is 0 Å². The van der Waals surface area contributed by atoms with Crippen LogP contribution in [0.15, 0.2) is 47.9 Å². The molecule has 1 nitrogen and oxygen atoms in total. The van der Waals surface area contributed by atoms with E-state index in [1.165, 1.54) is 11.1 Å². The Labute approximate surface area is 114 Å². The third-order valence-corrected chi connectivity index (χ3v) is 2.69. The molecular formula is C17H31N. The molecule has 0 unspecified atom stereocenters. The first-order chi connectivity index (χ1) is 8.52. The molecule has 1 N–H and O–H groups in total. The number of allylic oxidation sites excluding steroid dienone is 4. The molecule has 0 radical (unpaired) electrons. The summed E-state index contributed by atoms with van der Waals surface area (Å²) in [6, 6.07) is 0. The van der Waals surface area contributed by atoms with E-state index in [0.29, 0.717) is 0 Å². The van der Waals surface area contributed by atoms with Crippen LogP contribution in [0.4, 0.5) is 0 Å². The first-order valence-corrected chi connectivity index (χ1v) is 7.02. The molecule has 0 amide bonds. The Balaban J connectivity index is 0. The van der Waals surface area contributed by atoms with E-state index in [-0.39, 0.29) is 0 Å². The second-order valence-electron chi connectivity index (χ2n) is 3.94. The molecule has 0 saturated carbocycles. The first-order valence-electron chi connectivity index (χ1n) is 7.02. The molecule has 104 valence electrons. The van der Waals surface area contributed by atoms with Gasteiger partial charge in [0, 0.05) is 11.4 Å². The summed E-state index contributed by atoms with van der Waals surface area (Å²) in [5.41, 5.74) is 5.75. The standard InChI is InChI=1S/C13H19N.2C2H6/c1-9(2)11(4)13-8-6-7-10(3)14-12(13)5;2*1-2/h14H,1,3,5-8H2,2,4H3;2*1-2H3/b13-11-;;. The molecule has 1 saturated heterocycles. The lowest BCUT2D eigenvalue weighted by Gasteiger charge is -2.13. The van der Waals surface area contributed by atoms with Gasteiger partial charge in [-0.25, -0.2) is 0 Å². The van der Waals surface area contributed by atoms with Crippen LogP contribution in [0, 0.1) is 0 Å². The van der Waals surface area contributed by atoms with E-state index < -0.39 is 0 Å². The fourth-order valence-electron chi connectivity index (χ4n) is 1.65. The molecule has 1 fully saturated rings. The van der Waals surface area contributed by atoms with E-state index in [2.05, 4.69) is 32.0 Å². The molecule has 0 aliphatic carbocycles. The van der Waals surface area contributed by atoms with Crippen molar-refractivity contribution in [2.45, 2.75) is 60.8 Å². The number of hydrogen-bond donors (Lipinski definition) is 1. The van der Waals surface area contributed by atoms with E-state index in [9.17, 15) is 0 Å². The van der Waals surface area contributed by atoms with Gasteiger partial charge in [-0.3, -0.25) is 0 Å². The fraction of sp³-hybridized carbons (Fsp3) is 0.529. The minimum atomic E-state index is 0.994. The molecule has 0 aromatic carbocycles. The van der Waals surface area contributed by atoms with E-state index in [4.69, 9.17) is 0 Å². The predicted molar refractivity (Wildman–Crippen MR) is 85.5 cm³/mol. The van der Waals surface area contributed by atoms with Crippen molar-refractivity contribution >= 4 is 0 Å². The van der Waals surface area contributed by atoms with Gasteiger partial charge in [-0.2, -0.15) is 0 Å². The van der Waals surface area contributed by atoms with E-state index in [0.717, 1.165) is 36.2 Å². The number of hydrogen-bond acceptors (Lipinski definition) is 1. The van der Waals surface area contributed by atoms with Crippen LogP contribution < -0.4 is 5.32 Å². The van der Waals surface area contributed by atoms with Crippen LogP contribution in [0.2, 0.25) is 0 Å². The lowest BCUT2D eigenvalue weighted by atomic mass is 9.98. The zero-order valence-electron chi connectivity index (χ0n) is 13.2. The fourth-order valence-corrected chi connectivity index (χ4v) is 1.65. The molecule has 1 aliphatic rings. The molecule has 1 rings (SSSR count). The molecule has 1 aliphatic heterocycles. The highest BCUT2D eigenvalue weighted by Crippen LogP contribution is 2.26. The van der Waals surface area contributed by atoms with E-state index in [1.807, 2.05) is 34.6 Å². The van der Waals surface area contributed by atoms with Crippen LogP contribution in [0.5, 0.6) is 0 Å². The summed E-state index contributed by atoms with van der Waals surface area (Å²) in [5, 5.41) is 3.24. The van der Waals surface area contributed by atoms with Gasteiger partial charge in [0.1, 0.15) is 0 Å². The minimum absolute atomic E-state index is 0.994. The average Bonchev–Trinajstić information content (AvgIpc) is 2.54. The van der Waals surface area contributed by atoms with Gasteiger partial charge in [-0.15, -0.1) is 0 Å². The van der Waals surface area contributed by atoms with Gasteiger partial charge in [0.05, 0.1) is 0 Å². The van der Waals surface area contributed by atoms with Crippen LogP contribution in [0.1, 0.15) is 60.8 Å². The predicted octanol–water partition coefficient (Wildman–Crippen LogP) is 5.73. The lowest BCUT2D eigenvalue weighted by molar-refractivity contribution is 0.819. The molecular weight excluding hydrogens is 218 g/mol. The van der Waals surface area contributed by atoms with Crippen LogP contribution >= 0.6 is 0 Å². The third-order valence-electron chi connectivity index (χ3n) is 2.69. The second kappa shape index (κ2) is 10.9. The van der Waals surface area contributed by atoms with Crippen molar-refractivity contribution in [3.05, 3.63) is 47.9 Å². The van der Waals surface area contributed by atoms with Crippen LogP contribution in [0.3, 0.4) is 0 Å². The Morgan fingerprint density at radius 3 is 1.94 bits per heavy atom. The van der Waals surface area contributed by atoms with Gasteiger partial charge >= 0.3 is 0 Å². The maximum absolute atomic E-state index is 4.04. The largest absolute Gasteiger partial charge is 0.360 e. The van der Waals surface area contributed by atoms with Gasteiger partial charge in [-0.05, 0) is 44.3 Å². The summed E-state index contributed by atoms with van der Waals surface area (Å²) >= 11 is 0. The molecule has 1 heteroatoms. The van der Waals surface area contributed by atoms with Gasteiger partial charge in [0.15, 0.2) is 0 Å². The maximum atomic E-state index is 4.04. The van der Waals surface area contributed by atoms with Crippen molar-refractivity contribution in [3.63, 3.8) is 0 Å². The normalized spacial score (nSPS) is 17.2. The summed E-state index contributed by atoms with van der Waals surface area (Å²) in [4.78, 5) is 0. The van der Waals surface area contributed by atoms with Crippen molar-refractivity contribution in [2.75, 3.05) is 0 Å². The Bertz CT molecular complexity index is 319. The van der Waals surface area contributed by atoms with E-state index in [1.54, 1.807) is 0 Å². The minimum Gasteiger partial charge on any atom is -0.360 e. The Morgan fingerprint density at radius 1 is 1.00 bits per heavy atom. The average molecular weight is 249 g/mol. The molecule has 1 heterocycles. The molecule has 18 heavy (non-hydrogen) atoms. The zero-order valence-corrected chi connectivity index (χ0v) is 13.2. The van der Waals surface area contributed by atoms with Crippen molar-refractivity contribution in [1.29, 1.82) is 0 Å². The Kier molecular flexibility index (Phi) is 11.6. The molecule has 0 aromatic rings. The Hall–Kier alpha value is -1.24.